The number of nitrogen functional groups attached to an aromatic ring is 1. The molecule has 0 aliphatic carbocycles. The average Bonchev–Trinajstić information content (AvgIpc) is 2.82. The van der Waals surface area contributed by atoms with E-state index in [0.29, 0.717) is 12.1 Å². The Balaban J connectivity index is 1.98. The highest BCUT2D eigenvalue weighted by Gasteiger charge is 2.29. The van der Waals surface area contributed by atoms with E-state index in [0.717, 1.165) is 11.3 Å². The topological polar surface area (TPSA) is 106 Å². The van der Waals surface area contributed by atoms with Crippen LogP contribution in [0.1, 0.15) is 6.42 Å². The normalized spacial score (nSPS) is 23.2. The summed E-state index contributed by atoms with van der Waals surface area (Å²) in [7, 11) is -6.55. The summed E-state index contributed by atoms with van der Waals surface area (Å²) < 4.78 is 48.8. The number of sulfone groups is 1. The minimum absolute atomic E-state index is 0.0576. The van der Waals surface area contributed by atoms with Gasteiger partial charge in [-0.2, -0.15) is 0 Å². The largest absolute Gasteiger partial charge is 0.398 e. The zero-order chi connectivity index (χ0) is 13.4. The molecule has 0 spiro atoms. The second kappa shape index (κ2) is 4.80. The fourth-order valence-corrected chi connectivity index (χ4v) is 5.91. The second-order valence-corrected chi connectivity index (χ2v) is 9.45. The van der Waals surface area contributed by atoms with Crippen molar-refractivity contribution in [3.05, 3.63) is 11.4 Å². The van der Waals surface area contributed by atoms with E-state index in [1.54, 1.807) is 5.38 Å². The Morgan fingerprint density at radius 2 is 2.22 bits per heavy atom. The fourth-order valence-electron chi connectivity index (χ4n) is 1.80. The molecular weight excluding hydrogens is 296 g/mol. The maximum Gasteiger partial charge on any atom is 0.250 e. The van der Waals surface area contributed by atoms with E-state index in [4.69, 9.17) is 5.73 Å². The SMILES string of the molecule is Nc1csc(S(=O)(=O)NCC2CCS(=O)(=O)C2)c1. The van der Waals surface area contributed by atoms with Crippen LogP contribution < -0.4 is 10.5 Å². The molecule has 1 aromatic rings. The number of anilines is 1. The molecule has 9 heteroatoms. The number of hydrogen-bond donors (Lipinski definition) is 2. The Labute approximate surface area is 110 Å². The third-order valence-electron chi connectivity index (χ3n) is 2.75. The molecule has 102 valence electrons. The van der Waals surface area contributed by atoms with Gasteiger partial charge < -0.3 is 5.73 Å². The summed E-state index contributed by atoms with van der Waals surface area (Å²) in [6.45, 7) is 0.152. The molecule has 2 heterocycles. The molecule has 1 aliphatic heterocycles. The number of rotatable bonds is 4. The summed E-state index contributed by atoms with van der Waals surface area (Å²) in [6, 6.07) is 1.39. The smallest absolute Gasteiger partial charge is 0.250 e. The Kier molecular flexibility index (Phi) is 3.67. The molecule has 1 aromatic heterocycles. The van der Waals surface area contributed by atoms with E-state index in [2.05, 4.69) is 4.72 Å². The van der Waals surface area contributed by atoms with Gasteiger partial charge in [-0.1, -0.05) is 0 Å². The first-order chi connectivity index (χ1) is 8.28. The molecule has 0 aromatic carbocycles. The predicted molar refractivity (Wildman–Crippen MR) is 70.7 cm³/mol. The van der Waals surface area contributed by atoms with Gasteiger partial charge in [0.25, 0.3) is 0 Å². The van der Waals surface area contributed by atoms with Crippen molar-refractivity contribution in [2.75, 3.05) is 23.8 Å². The van der Waals surface area contributed by atoms with Crippen molar-refractivity contribution in [2.45, 2.75) is 10.6 Å². The van der Waals surface area contributed by atoms with Crippen molar-refractivity contribution in [3.8, 4) is 0 Å². The van der Waals surface area contributed by atoms with E-state index < -0.39 is 19.9 Å². The molecule has 3 N–H and O–H groups in total. The molecule has 1 aliphatic rings. The average molecular weight is 310 g/mol. The second-order valence-electron chi connectivity index (χ2n) is 4.32. The Hall–Kier alpha value is -0.640. The number of nitrogens with one attached hydrogen (secondary N) is 1. The van der Waals surface area contributed by atoms with Crippen LogP contribution >= 0.6 is 11.3 Å². The van der Waals surface area contributed by atoms with Crippen LogP contribution in [0.25, 0.3) is 0 Å². The van der Waals surface area contributed by atoms with Crippen LogP contribution in [0.4, 0.5) is 5.69 Å². The maximum atomic E-state index is 11.9. The molecule has 6 nitrogen and oxygen atoms in total. The van der Waals surface area contributed by atoms with Crippen molar-refractivity contribution < 1.29 is 16.8 Å². The van der Waals surface area contributed by atoms with E-state index in [1.165, 1.54) is 6.07 Å². The first-order valence-electron chi connectivity index (χ1n) is 5.33. The number of thiophene rings is 1. The molecule has 1 atom stereocenters. The lowest BCUT2D eigenvalue weighted by atomic mass is 10.1. The van der Waals surface area contributed by atoms with Crippen LogP contribution in [-0.4, -0.2) is 34.9 Å². The molecule has 1 unspecified atom stereocenters. The van der Waals surface area contributed by atoms with Crippen LogP contribution in [0.2, 0.25) is 0 Å². The van der Waals surface area contributed by atoms with Gasteiger partial charge in [0.2, 0.25) is 10.0 Å². The zero-order valence-corrected chi connectivity index (χ0v) is 11.9. The van der Waals surface area contributed by atoms with Gasteiger partial charge in [0.1, 0.15) is 4.21 Å². The van der Waals surface area contributed by atoms with Crippen LogP contribution in [-0.2, 0) is 19.9 Å². The molecule has 0 saturated carbocycles. The van der Waals surface area contributed by atoms with Crippen LogP contribution in [0.3, 0.4) is 0 Å². The zero-order valence-electron chi connectivity index (χ0n) is 9.50. The quantitative estimate of drug-likeness (QED) is 0.817. The van der Waals surface area contributed by atoms with Crippen molar-refractivity contribution in [1.29, 1.82) is 0 Å². The van der Waals surface area contributed by atoms with Crippen molar-refractivity contribution in [2.24, 2.45) is 5.92 Å². The van der Waals surface area contributed by atoms with Crippen LogP contribution in [0, 0.1) is 5.92 Å². The lowest BCUT2D eigenvalue weighted by Gasteiger charge is -2.08. The minimum atomic E-state index is -3.57. The van der Waals surface area contributed by atoms with Gasteiger partial charge in [-0.25, -0.2) is 21.6 Å². The molecule has 18 heavy (non-hydrogen) atoms. The first kappa shape index (κ1) is 13.8. The van der Waals surface area contributed by atoms with Crippen molar-refractivity contribution >= 4 is 36.9 Å². The molecule has 0 radical (unpaired) electrons. The van der Waals surface area contributed by atoms with E-state index in [9.17, 15) is 16.8 Å². The van der Waals surface area contributed by atoms with E-state index in [1.807, 2.05) is 0 Å². The molecule has 2 rings (SSSR count). The summed E-state index contributed by atoms with van der Waals surface area (Å²) in [5.74, 6) is 0.0649. The highest BCUT2D eigenvalue weighted by molar-refractivity contribution is 7.92. The number of nitrogens with two attached hydrogens (primary N) is 1. The molecule has 1 saturated heterocycles. The van der Waals surface area contributed by atoms with Crippen molar-refractivity contribution in [1.82, 2.24) is 4.72 Å². The molecule has 0 amide bonds. The highest BCUT2D eigenvalue weighted by atomic mass is 32.2. The number of hydrogen-bond acceptors (Lipinski definition) is 6. The first-order valence-corrected chi connectivity index (χ1v) is 9.51. The Bertz CT molecular complexity index is 633. The Morgan fingerprint density at radius 3 is 2.72 bits per heavy atom. The molecule has 0 bridgehead atoms. The minimum Gasteiger partial charge on any atom is -0.398 e. The highest BCUT2D eigenvalue weighted by Crippen LogP contribution is 2.22. The van der Waals surface area contributed by atoms with E-state index >= 15 is 0 Å². The molecular formula is C9H14N2O4S3. The summed E-state index contributed by atoms with van der Waals surface area (Å²) in [5, 5.41) is 1.55. The lowest BCUT2D eigenvalue weighted by molar-refractivity contribution is 0.544. The third kappa shape index (κ3) is 3.22. The lowest BCUT2D eigenvalue weighted by Crippen LogP contribution is -2.29. The predicted octanol–water partition coefficient (Wildman–Crippen LogP) is 0.0433. The van der Waals surface area contributed by atoms with Gasteiger partial charge >= 0.3 is 0 Å². The van der Waals surface area contributed by atoms with Crippen LogP contribution in [0.5, 0.6) is 0 Å². The van der Waals surface area contributed by atoms with Crippen molar-refractivity contribution in [3.63, 3.8) is 0 Å². The number of sulfonamides is 1. The van der Waals surface area contributed by atoms with E-state index in [-0.39, 0.29) is 28.2 Å². The summed E-state index contributed by atoms with van der Waals surface area (Å²) in [4.78, 5) is 0. The summed E-state index contributed by atoms with van der Waals surface area (Å²) >= 11 is 1.05. The fraction of sp³-hybridized carbons (Fsp3) is 0.556. The third-order valence-corrected chi connectivity index (χ3v) is 7.47. The van der Waals surface area contributed by atoms with Gasteiger partial charge in [-0.05, 0) is 18.4 Å². The van der Waals surface area contributed by atoms with Gasteiger partial charge in [0, 0.05) is 17.6 Å². The van der Waals surface area contributed by atoms with Gasteiger partial charge in [-0.15, -0.1) is 11.3 Å². The Morgan fingerprint density at radius 1 is 1.50 bits per heavy atom. The summed E-state index contributed by atoms with van der Waals surface area (Å²) in [6.07, 6.45) is 0.511. The molecule has 1 fully saturated rings. The monoisotopic (exact) mass is 310 g/mol. The van der Waals surface area contributed by atoms with Crippen LogP contribution in [0.15, 0.2) is 15.7 Å². The summed E-state index contributed by atoms with van der Waals surface area (Å²) in [5.41, 5.74) is 5.87. The van der Waals surface area contributed by atoms with Gasteiger partial charge in [0.15, 0.2) is 9.84 Å². The standard InChI is InChI=1S/C9H14N2O4S3/c10-8-3-9(16-5-8)18(14,15)11-4-7-1-2-17(12,13)6-7/h3,5,7,11H,1-2,4,6,10H2. The maximum absolute atomic E-state index is 11.9. The van der Waals surface area contributed by atoms with Gasteiger partial charge in [-0.3, -0.25) is 0 Å². The van der Waals surface area contributed by atoms with Gasteiger partial charge in [0.05, 0.1) is 11.5 Å².